The highest BCUT2D eigenvalue weighted by atomic mass is 16.5. The summed E-state index contributed by atoms with van der Waals surface area (Å²) in [6.07, 6.45) is 0. The molecular formula is C21H26N2O4. The van der Waals surface area contributed by atoms with E-state index in [1.807, 2.05) is 36.1 Å². The molecule has 1 fully saturated rings. The lowest BCUT2D eigenvalue weighted by Crippen LogP contribution is -2.48. The fourth-order valence-corrected chi connectivity index (χ4v) is 3.22. The van der Waals surface area contributed by atoms with Crippen LogP contribution in [-0.2, 0) is 0 Å². The third kappa shape index (κ3) is 4.27. The Balaban J connectivity index is 1.64. The van der Waals surface area contributed by atoms with Crippen LogP contribution in [0.4, 0.5) is 5.69 Å². The number of hydrogen-bond donors (Lipinski definition) is 0. The maximum Gasteiger partial charge on any atom is 0.254 e. The van der Waals surface area contributed by atoms with Crippen LogP contribution >= 0.6 is 0 Å². The molecule has 1 aliphatic heterocycles. The van der Waals surface area contributed by atoms with Gasteiger partial charge in [-0.05, 0) is 49.4 Å². The summed E-state index contributed by atoms with van der Waals surface area (Å²) in [5.41, 5.74) is 1.76. The third-order valence-corrected chi connectivity index (χ3v) is 4.71. The van der Waals surface area contributed by atoms with E-state index < -0.39 is 0 Å². The van der Waals surface area contributed by atoms with Crippen molar-refractivity contribution in [3.8, 4) is 17.2 Å². The zero-order chi connectivity index (χ0) is 19.2. The van der Waals surface area contributed by atoms with Gasteiger partial charge in [-0.25, -0.2) is 0 Å². The normalized spacial score (nSPS) is 14.0. The van der Waals surface area contributed by atoms with Crippen LogP contribution in [0.1, 0.15) is 17.3 Å². The first-order chi connectivity index (χ1) is 13.2. The summed E-state index contributed by atoms with van der Waals surface area (Å²) in [6, 6.07) is 13.4. The molecule has 2 aromatic rings. The molecule has 0 spiro atoms. The summed E-state index contributed by atoms with van der Waals surface area (Å²) in [5, 5.41) is 0. The van der Waals surface area contributed by atoms with Crippen molar-refractivity contribution < 1.29 is 19.0 Å². The SMILES string of the molecule is CCOc1ccc(C(=O)N2CCN(c3ccc(OC)cc3)CC2)cc1OC. The fraction of sp³-hybridized carbons (Fsp3) is 0.381. The second kappa shape index (κ2) is 8.66. The van der Waals surface area contributed by atoms with Crippen LogP contribution in [-0.4, -0.2) is 57.8 Å². The van der Waals surface area contributed by atoms with Crippen molar-refractivity contribution in [2.75, 3.05) is 51.9 Å². The molecule has 1 aliphatic rings. The molecule has 0 N–H and O–H groups in total. The van der Waals surface area contributed by atoms with Gasteiger partial charge in [0.05, 0.1) is 20.8 Å². The maximum absolute atomic E-state index is 12.9. The van der Waals surface area contributed by atoms with Crippen molar-refractivity contribution in [3.63, 3.8) is 0 Å². The molecule has 3 rings (SSSR count). The second-order valence-electron chi connectivity index (χ2n) is 6.28. The number of ether oxygens (including phenoxy) is 3. The molecule has 0 unspecified atom stereocenters. The predicted octanol–water partition coefficient (Wildman–Crippen LogP) is 3.06. The molecule has 0 aromatic heterocycles. The molecule has 0 atom stereocenters. The molecule has 1 saturated heterocycles. The van der Waals surface area contributed by atoms with Crippen molar-refractivity contribution in [2.45, 2.75) is 6.92 Å². The van der Waals surface area contributed by atoms with E-state index >= 15 is 0 Å². The Morgan fingerprint density at radius 2 is 1.63 bits per heavy atom. The van der Waals surface area contributed by atoms with Crippen LogP contribution in [0.5, 0.6) is 17.2 Å². The fourth-order valence-electron chi connectivity index (χ4n) is 3.22. The number of rotatable bonds is 6. The quantitative estimate of drug-likeness (QED) is 0.782. The van der Waals surface area contributed by atoms with E-state index in [0.29, 0.717) is 36.8 Å². The Kier molecular flexibility index (Phi) is 6.06. The van der Waals surface area contributed by atoms with Crippen molar-refractivity contribution >= 4 is 11.6 Å². The number of methoxy groups -OCH3 is 2. The average Bonchev–Trinajstić information content (AvgIpc) is 2.74. The molecule has 6 nitrogen and oxygen atoms in total. The van der Waals surface area contributed by atoms with Crippen LogP contribution in [0.3, 0.4) is 0 Å². The van der Waals surface area contributed by atoms with Crippen LogP contribution in [0.2, 0.25) is 0 Å². The van der Waals surface area contributed by atoms with E-state index in [2.05, 4.69) is 4.90 Å². The number of nitrogens with zero attached hydrogens (tertiary/aromatic N) is 2. The van der Waals surface area contributed by atoms with Gasteiger partial charge in [-0.15, -0.1) is 0 Å². The highest BCUT2D eigenvalue weighted by molar-refractivity contribution is 5.95. The van der Waals surface area contributed by atoms with Crippen LogP contribution < -0.4 is 19.1 Å². The number of carbonyl (C=O) groups is 1. The number of carbonyl (C=O) groups excluding carboxylic acids is 1. The van der Waals surface area contributed by atoms with Crippen LogP contribution in [0.15, 0.2) is 42.5 Å². The Labute approximate surface area is 160 Å². The topological polar surface area (TPSA) is 51.2 Å². The van der Waals surface area contributed by atoms with Gasteiger partial charge in [0.2, 0.25) is 0 Å². The molecule has 27 heavy (non-hydrogen) atoms. The van der Waals surface area contributed by atoms with Crippen LogP contribution in [0.25, 0.3) is 0 Å². The zero-order valence-corrected chi connectivity index (χ0v) is 16.1. The van der Waals surface area contributed by atoms with Gasteiger partial charge in [0, 0.05) is 37.4 Å². The van der Waals surface area contributed by atoms with Gasteiger partial charge in [-0.2, -0.15) is 0 Å². The highest BCUT2D eigenvalue weighted by Gasteiger charge is 2.23. The molecule has 6 heteroatoms. The Bertz CT molecular complexity index is 768. The van der Waals surface area contributed by atoms with Crippen LogP contribution in [0, 0.1) is 0 Å². The van der Waals surface area contributed by atoms with E-state index in [0.717, 1.165) is 24.5 Å². The summed E-state index contributed by atoms with van der Waals surface area (Å²) >= 11 is 0. The molecule has 144 valence electrons. The van der Waals surface area contributed by atoms with Gasteiger partial charge < -0.3 is 24.0 Å². The van der Waals surface area contributed by atoms with Gasteiger partial charge in [0.25, 0.3) is 5.91 Å². The van der Waals surface area contributed by atoms with Crippen molar-refractivity contribution in [3.05, 3.63) is 48.0 Å². The van der Waals surface area contributed by atoms with Gasteiger partial charge in [0.1, 0.15) is 5.75 Å². The summed E-state index contributed by atoms with van der Waals surface area (Å²) in [5.74, 6) is 2.10. The zero-order valence-electron chi connectivity index (χ0n) is 16.1. The molecule has 0 radical (unpaired) electrons. The summed E-state index contributed by atoms with van der Waals surface area (Å²) in [4.78, 5) is 17.0. The smallest absolute Gasteiger partial charge is 0.254 e. The minimum atomic E-state index is 0.0192. The summed E-state index contributed by atoms with van der Waals surface area (Å²) in [6.45, 7) is 5.43. The van der Waals surface area contributed by atoms with Gasteiger partial charge in [-0.1, -0.05) is 0 Å². The molecule has 1 amide bonds. The van der Waals surface area contributed by atoms with Crippen molar-refractivity contribution in [1.29, 1.82) is 0 Å². The number of amides is 1. The minimum Gasteiger partial charge on any atom is -0.497 e. The lowest BCUT2D eigenvalue weighted by atomic mass is 10.1. The number of benzene rings is 2. The monoisotopic (exact) mass is 370 g/mol. The minimum absolute atomic E-state index is 0.0192. The molecule has 0 saturated carbocycles. The average molecular weight is 370 g/mol. The highest BCUT2D eigenvalue weighted by Crippen LogP contribution is 2.29. The molecular weight excluding hydrogens is 344 g/mol. The van der Waals surface area contributed by atoms with E-state index in [4.69, 9.17) is 14.2 Å². The number of piperazine rings is 1. The van der Waals surface area contributed by atoms with E-state index in [1.54, 1.807) is 32.4 Å². The third-order valence-electron chi connectivity index (χ3n) is 4.71. The first kappa shape index (κ1) is 18.9. The molecule has 2 aromatic carbocycles. The Hall–Kier alpha value is -2.89. The van der Waals surface area contributed by atoms with Crippen molar-refractivity contribution in [1.82, 2.24) is 4.90 Å². The Morgan fingerprint density at radius 1 is 0.926 bits per heavy atom. The first-order valence-corrected chi connectivity index (χ1v) is 9.15. The van der Waals surface area contributed by atoms with Crippen molar-refractivity contribution in [2.24, 2.45) is 0 Å². The number of anilines is 1. The van der Waals surface area contributed by atoms with E-state index in [9.17, 15) is 4.79 Å². The lowest BCUT2D eigenvalue weighted by molar-refractivity contribution is 0.0746. The molecule has 0 aliphatic carbocycles. The maximum atomic E-state index is 12.9. The predicted molar refractivity (Wildman–Crippen MR) is 105 cm³/mol. The number of hydrogen-bond acceptors (Lipinski definition) is 5. The summed E-state index contributed by atoms with van der Waals surface area (Å²) in [7, 11) is 3.25. The molecule has 0 bridgehead atoms. The standard InChI is InChI=1S/C21H26N2O4/c1-4-27-19-10-5-16(15-20(19)26-3)21(24)23-13-11-22(12-14-23)17-6-8-18(25-2)9-7-17/h5-10,15H,4,11-14H2,1-3H3. The second-order valence-corrected chi connectivity index (χ2v) is 6.28. The Morgan fingerprint density at radius 3 is 2.22 bits per heavy atom. The van der Waals surface area contributed by atoms with Gasteiger partial charge in [-0.3, -0.25) is 4.79 Å². The first-order valence-electron chi connectivity index (χ1n) is 9.15. The lowest BCUT2D eigenvalue weighted by Gasteiger charge is -2.36. The van der Waals surface area contributed by atoms with E-state index in [1.165, 1.54) is 0 Å². The summed E-state index contributed by atoms with van der Waals surface area (Å²) < 4.78 is 16.1. The van der Waals surface area contributed by atoms with Gasteiger partial charge >= 0.3 is 0 Å². The molecule has 1 heterocycles. The van der Waals surface area contributed by atoms with E-state index in [-0.39, 0.29) is 5.91 Å². The van der Waals surface area contributed by atoms with Gasteiger partial charge in [0.15, 0.2) is 11.5 Å². The largest absolute Gasteiger partial charge is 0.497 e.